The fourth-order valence-electron chi connectivity index (χ4n) is 7.05. The number of hydrogen-bond acceptors (Lipinski definition) is 9. The van der Waals surface area contributed by atoms with Gasteiger partial charge in [-0.1, -0.05) is 32.9 Å². The first-order chi connectivity index (χ1) is 22.9. The number of likely N-dealkylation sites (N-methyl/N-ethyl adjacent to an activating group) is 1. The number of nitrogens with one attached hydrogen (secondary N) is 2. The molecule has 0 unspecified atom stereocenters. The minimum atomic E-state index is -0.549. The Morgan fingerprint density at radius 1 is 1.02 bits per heavy atom. The molecule has 0 saturated carbocycles. The lowest BCUT2D eigenvalue weighted by Gasteiger charge is -2.35. The van der Waals surface area contributed by atoms with Gasteiger partial charge in [-0.25, -0.2) is 9.97 Å². The highest BCUT2D eigenvalue weighted by atomic mass is 35.5. The second-order valence-corrected chi connectivity index (χ2v) is 14.7. The number of halogens is 1. The van der Waals surface area contributed by atoms with E-state index in [1.165, 1.54) is 24.7 Å². The van der Waals surface area contributed by atoms with Crippen molar-refractivity contribution in [1.82, 2.24) is 25.1 Å². The van der Waals surface area contributed by atoms with Crippen LogP contribution in [0.15, 0.2) is 42.7 Å². The van der Waals surface area contributed by atoms with Crippen molar-refractivity contribution in [3.05, 3.63) is 53.9 Å². The zero-order chi connectivity index (χ0) is 34.6. The number of aromatic nitrogens is 2. The Bertz CT molecular complexity index is 1620. The van der Waals surface area contributed by atoms with Crippen LogP contribution in [-0.4, -0.2) is 90.2 Å². The van der Waals surface area contributed by atoms with E-state index < -0.39 is 17.4 Å². The van der Waals surface area contributed by atoms with Gasteiger partial charge >= 0.3 is 0 Å². The maximum Gasteiger partial charge on any atom is 0.227 e. The van der Waals surface area contributed by atoms with Gasteiger partial charge < -0.3 is 25.2 Å². The first kappa shape index (κ1) is 38.2. The number of carbonyl (C=O) groups excluding carboxylic acids is 3. The maximum atomic E-state index is 14.0. The number of amides is 1. The first-order valence-corrected chi connectivity index (χ1v) is 17.3. The molecule has 3 atom stereocenters. The van der Waals surface area contributed by atoms with Crippen LogP contribution in [-0.2, 0) is 20.8 Å². The number of Topliss-reactive ketones (excluding diaryl/α,β-unsaturated/α-hetero) is 2. The summed E-state index contributed by atoms with van der Waals surface area (Å²) in [5.74, 6) is 1.10. The van der Waals surface area contributed by atoms with Crippen LogP contribution in [0.5, 0.6) is 5.75 Å². The zero-order valence-electron chi connectivity index (χ0n) is 30.0. The highest BCUT2D eigenvalue weighted by Crippen LogP contribution is 2.36. The predicted octanol–water partition coefficient (Wildman–Crippen LogP) is 5.95. The van der Waals surface area contributed by atoms with Gasteiger partial charge in [0.05, 0.1) is 24.7 Å². The topological polar surface area (TPSA) is 117 Å². The second kappa shape index (κ2) is 16.4. The van der Waals surface area contributed by atoms with Crippen molar-refractivity contribution in [2.75, 3.05) is 46.2 Å². The van der Waals surface area contributed by atoms with Gasteiger partial charge in [0.25, 0.3) is 0 Å². The molecule has 0 aliphatic carbocycles. The van der Waals surface area contributed by atoms with Crippen LogP contribution in [0.3, 0.4) is 0 Å². The lowest BCUT2D eigenvalue weighted by atomic mass is 9.76. The molecule has 10 nitrogen and oxygen atoms in total. The Balaban J connectivity index is 0.00000541. The van der Waals surface area contributed by atoms with Gasteiger partial charge in [0, 0.05) is 48.0 Å². The van der Waals surface area contributed by atoms with Gasteiger partial charge in [0.15, 0.2) is 5.78 Å². The van der Waals surface area contributed by atoms with Crippen molar-refractivity contribution in [3.8, 4) is 5.75 Å². The van der Waals surface area contributed by atoms with E-state index in [9.17, 15) is 14.4 Å². The Hall–Kier alpha value is -3.60. The average Bonchev–Trinajstić information content (AvgIpc) is 3.57. The third-order valence-electron chi connectivity index (χ3n) is 10.3. The summed E-state index contributed by atoms with van der Waals surface area (Å²) in [6.45, 7) is 10.5. The van der Waals surface area contributed by atoms with Gasteiger partial charge in [0.2, 0.25) is 5.91 Å². The number of nitrogens with zero attached hydrogens (tertiary/aromatic N) is 4. The summed E-state index contributed by atoms with van der Waals surface area (Å²) in [5.41, 5.74) is 3.27. The van der Waals surface area contributed by atoms with Crippen molar-refractivity contribution in [1.29, 1.82) is 0 Å². The number of hydrogen-bond donors (Lipinski definition) is 2. The molecule has 5 rings (SSSR count). The van der Waals surface area contributed by atoms with Crippen molar-refractivity contribution in [3.63, 3.8) is 0 Å². The van der Waals surface area contributed by atoms with Crippen molar-refractivity contribution in [2.45, 2.75) is 84.2 Å². The van der Waals surface area contributed by atoms with E-state index in [-0.39, 0.29) is 48.8 Å². The Morgan fingerprint density at radius 2 is 1.71 bits per heavy atom. The Morgan fingerprint density at radius 3 is 2.35 bits per heavy atom. The van der Waals surface area contributed by atoms with E-state index in [4.69, 9.17) is 4.74 Å². The SMILES string of the molecule is CN[C@@H](C)C(=O)C[C@H](C(=O)N1CCC[C@H]1C(=O)Cc1cc2c(Nc3ccc(C4CCN(C)CC4)cc3)ncnc2cc1OC)C(C)(C)C.Cl. The summed E-state index contributed by atoms with van der Waals surface area (Å²) < 4.78 is 5.73. The van der Waals surface area contributed by atoms with E-state index >= 15 is 0 Å². The van der Waals surface area contributed by atoms with Crippen LogP contribution in [0.25, 0.3) is 10.9 Å². The molecule has 3 aromatic rings. The second-order valence-electron chi connectivity index (χ2n) is 14.7. The van der Waals surface area contributed by atoms with Crippen LogP contribution in [0.4, 0.5) is 11.5 Å². The average molecular weight is 693 g/mol. The van der Waals surface area contributed by atoms with E-state index in [1.807, 2.05) is 39.8 Å². The van der Waals surface area contributed by atoms with Gasteiger partial charge in [-0.2, -0.15) is 0 Å². The number of likely N-dealkylation sites (tertiary alicyclic amines) is 2. The van der Waals surface area contributed by atoms with Gasteiger partial charge in [0.1, 0.15) is 23.7 Å². The molecule has 2 N–H and O–H groups in total. The van der Waals surface area contributed by atoms with Crippen LogP contribution >= 0.6 is 12.4 Å². The first-order valence-electron chi connectivity index (χ1n) is 17.3. The number of anilines is 2. The molecule has 1 amide bonds. The molecule has 266 valence electrons. The van der Waals surface area contributed by atoms with E-state index in [0.29, 0.717) is 36.0 Å². The number of ether oxygens (including phenoxy) is 1. The lowest BCUT2D eigenvalue weighted by Crippen LogP contribution is -2.48. The maximum absolute atomic E-state index is 14.0. The smallest absolute Gasteiger partial charge is 0.227 e. The van der Waals surface area contributed by atoms with Crippen LogP contribution in [0.2, 0.25) is 0 Å². The highest BCUT2D eigenvalue weighted by molar-refractivity contribution is 5.96. The van der Waals surface area contributed by atoms with Gasteiger partial charge in [-0.15, -0.1) is 12.4 Å². The molecule has 1 aromatic heterocycles. The molecule has 2 aliphatic heterocycles. The normalized spacial score (nSPS) is 18.5. The van der Waals surface area contributed by atoms with Crippen LogP contribution in [0, 0.1) is 11.3 Å². The number of fused-ring (bicyclic) bond motifs is 1. The molecule has 11 heteroatoms. The van der Waals surface area contributed by atoms with E-state index in [1.54, 1.807) is 19.1 Å². The van der Waals surface area contributed by atoms with Crippen LogP contribution < -0.4 is 15.4 Å². The standard InChI is InChI=1S/C38H52N6O4.ClH/c1-24(39-5)33(45)21-30(38(2,3)4)37(47)44-16-8-9-32(44)34(46)20-27-19-29-31(22-35(27)48-7)40-23-41-36(29)42-28-12-10-25(11-13-28)26-14-17-43(6)18-15-26;/h10-13,19,22-24,26,30,32,39H,8-9,14-18,20-21H2,1-7H3,(H,40,41,42);1H/t24-,30+,32-;/m0./s1. The minimum Gasteiger partial charge on any atom is -0.496 e. The number of methoxy groups -OCH3 is 1. The summed E-state index contributed by atoms with van der Waals surface area (Å²) in [4.78, 5) is 54.0. The molecule has 0 bridgehead atoms. The summed E-state index contributed by atoms with van der Waals surface area (Å²) in [6.07, 6.45) is 5.44. The quantitative estimate of drug-likeness (QED) is 0.238. The van der Waals surface area contributed by atoms with Crippen molar-refractivity contribution < 1.29 is 19.1 Å². The molecule has 0 spiro atoms. The van der Waals surface area contributed by atoms with Crippen molar-refractivity contribution >= 4 is 52.3 Å². The molecule has 2 aliphatic rings. The predicted molar refractivity (Wildman–Crippen MR) is 197 cm³/mol. The minimum absolute atomic E-state index is 0. The number of piperidine rings is 1. The van der Waals surface area contributed by atoms with Crippen molar-refractivity contribution in [2.24, 2.45) is 11.3 Å². The summed E-state index contributed by atoms with van der Waals surface area (Å²) in [6, 6.07) is 11.5. The molecule has 2 fully saturated rings. The molecular formula is C38H53ClN6O4. The fourth-order valence-corrected chi connectivity index (χ4v) is 7.05. The summed E-state index contributed by atoms with van der Waals surface area (Å²) in [7, 11) is 5.51. The third kappa shape index (κ3) is 8.96. The molecule has 49 heavy (non-hydrogen) atoms. The summed E-state index contributed by atoms with van der Waals surface area (Å²) in [5, 5.41) is 7.23. The van der Waals surface area contributed by atoms with Gasteiger partial charge in [-0.3, -0.25) is 14.4 Å². The molecule has 0 radical (unpaired) electrons. The molecule has 2 saturated heterocycles. The molecule has 2 aromatic carbocycles. The number of ketones is 2. The number of benzene rings is 2. The largest absolute Gasteiger partial charge is 0.496 e. The molecule has 3 heterocycles. The third-order valence-corrected chi connectivity index (χ3v) is 10.3. The Labute approximate surface area is 297 Å². The fraction of sp³-hybridized carbons (Fsp3) is 0.553. The van der Waals surface area contributed by atoms with E-state index in [0.717, 1.165) is 36.1 Å². The monoisotopic (exact) mass is 692 g/mol. The number of rotatable bonds is 12. The van der Waals surface area contributed by atoms with E-state index in [2.05, 4.69) is 56.8 Å². The van der Waals surface area contributed by atoms with Crippen LogP contribution in [0.1, 0.15) is 76.8 Å². The number of carbonyl (C=O) groups is 3. The lowest BCUT2D eigenvalue weighted by molar-refractivity contribution is -0.145. The Kier molecular flexibility index (Phi) is 12.8. The summed E-state index contributed by atoms with van der Waals surface area (Å²) >= 11 is 0. The highest BCUT2D eigenvalue weighted by Gasteiger charge is 2.42. The molecular weight excluding hydrogens is 640 g/mol. The zero-order valence-corrected chi connectivity index (χ0v) is 30.9. The van der Waals surface area contributed by atoms with Gasteiger partial charge in [-0.05, 0) is 94.9 Å².